The summed E-state index contributed by atoms with van der Waals surface area (Å²) >= 11 is 0. The molecule has 276 valence electrons. The molecule has 0 aliphatic carbocycles. The smallest absolute Gasteiger partial charge is 0.265 e. The molecular weight excluding hydrogens is 725 g/mol. The molecule has 0 N–H and O–H groups in total. The number of hydrogen-bond donors (Lipinski definition) is 0. The Hall–Kier alpha value is -8.16. The van der Waals surface area contributed by atoms with Crippen LogP contribution in [0.5, 0.6) is 0 Å². The maximum absolute atomic E-state index is 15.5. The topological polar surface area (TPSA) is 70.5 Å². The maximum atomic E-state index is 15.5. The number of aromatic nitrogens is 6. The van der Waals surface area contributed by atoms with Crippen molar-refractivity contribution in [3.05, 3.63) is 204 Å². The zero-order valence-electron chi connectivity index (χ0n) is 31.6. The summed E-state index contributed by atoms with van der Waals surface area (Å²) in [6, 6.07) is 65.7. The lowest BCUT2D eigenvalue weighted by atomic mass is 9.98. The molecule has 0 spiro atoms. The third-order valence-corrected chi connectivity index (χ3v) is 11.5. The minimum atomic E-state index is -0.0788. The van der Waals surface area contributed by atoms with Gasteiger partial charge < -0.3 is 4.57 Å². The van der Waals surface area contributed by atoms with Crippen molar-refractivity contribution in [2.24, 2.45) is 0 Å². The first-order valence-electron chi connectivity index (χ1n) is 19.7. The number of fused-ring (bicyclic) bond motifs is 11. The molecule has 0 fully saturated rings. The Morgan fingerprint density at radius 3 is 1.39 bits per heavy atom. The molecule has 7 heteroatoms. The van der Waals surface area contributed by atoms with Crippen molar-refractivity contribution >= 4 is 65.3 Å². The fourth-order valence-corrected chi connectivity index (χ4v) is 9.00. The molecule has 0 saturated heterocycles. The molecule has 4 aromatic heterocycles. The highest BCUT2D eigenvalue weighted by atomic mass is 16.1. The molecule has 0 saturated carbocycles. The minimum Gasteiger partial charge on any atom is -0.308 e. The van der Waals surface area contributed by atoms with Gasteiger partial charge in [-0.2, -0.15) is 9.97 Å². The molecule has 12 rings (SSSR count). The van der Waals surface area contributed by atoms with Crippen LogP contribution in [0, 0.1) is 0 Å². The van der Waals surface area contributed by atoms with Crippen LogP contribution in [-0.4, -0.2) is 28.7 Å². The van der Waals surface area contributed by atoms with Gasteiger partial charge in [0.05, 0.1) is 33.0 Å². The Morgan fingerprint density at radius 2 is 0.780 bits per heavy atom. The van der Waals surface area contributed by atoms with Crippen molar-refractivity contribution in [2.45, 2.75) is 0 Å². The molecule has 4 heterocycles. The van der Waals surface area contributed by atoms with Crippen molar-refractivity contribution < 1.29 is 0 Å². The van der Waals surface area contributed by atoms with Gasteiger partial charge in [-0.15, -0.1) is 0 Å². The Labute approximate surface area is 337 Å². The Morgan fingerprint density at radius 1 is 0.322 bits per heavy atom. The average molecular weight is 757 g/mol. The summed E-state index contributed by atoms with van der Waals surface area (Å²) < 4.78 is 6.29. The van der Waals surface area contributed by atoms with Crippen molar-refractivity contribution in [2.75, 3.05) is 0 Å². The zero-order valence-corrected chi connectivity index (χ0v) is 31.6. The number of benzene rings is 8. The molecule has 0 bridgehead atoms. The highest BCUT2D eigenvalue weighted by Crippen LogP contribution is 2.43. The molecule has 0 aliphatic heterocycles. The third kappa shape index (κ3) is 4.95. The largest absolute Gasteiger partial charge is 0.308 e. The van der Waals surface area contributed by atoms with Gasteiger partial charge in [0.25, 0.3) is 5.56 Å². The SMILES string of the molecule is O=c1c2c(ccc3c4ccccc4n(-c4ccccc4)c32)c2c3c4ccccc4n(-c4nc(-c5ccccc5)nc(-c5ccccc5)n4)c3ccc2n1-c1ccccc1. The summed E-state index contributed by atoms with van der Waals surface area (Å²) in [4.78, 5) is 30.9. The number of rotatable bonds is 5. The summed E-state index contributed by atoms with van der Waals surface area (Å²) in [5.41, 5.74) is 8.11. The van der Waals surface area contributed by atoms with Crippen molar-refractivity contribution in [3.63, 3.8) is 0 Å². The summed E-state index contributed by atoms with van der Waals surface area (Å²) in [5, 5.41) is 6.66. The van der Waals surface area contributed by atoms with E-state index in [0.29, 0.717) is 23.0 Å². The lowest BCUT2D eigenvalue weighted by molar-refractivity contribution is 0.953. The summed E-state index contributed by atoms with van der Waals surface area (Å²) in [7, 11) is 0. The maximum Gasteiger partial charge on any atom is 0.265 e. The van der Waals surface area contributed by atoms with Gasteiger partial charge in [0, 0.05) is 49.4 Å². The molecule has 7 nitrogen and oxygen atoms in total. The quantitative estimate of drug-likeness (QED) is 0.164. The van der Waals surface area contributed by atoms with Crippen LogP contribution in [-0.2, 0) is 0 Å². The van der Waals surface area contributed by atoms with E-state index in [1.165, 1.54) is 0 Å². The monoisotopic (exact) mass is 756 g/mol. The van der Waals surface area contributed by atoms with E-state index in [9.17, 15) is 0 Å². The predicted molar refractivity (Wildman–Crippen MR) is 240 cm³/mol. The number of hydrogen-bond acceptors (Lipinski definition) is 4. The van der Waals surface area contributed by atoms with Crippen LogP contribution in [0.1, 0.15) is 0 Å². The van der Waals surface area contributed by atoms with Crippen LogP contribution in [0.3, 0.4) is 0 Å². The fourth-order valence-electron chi connectivity index (χ4n) is 9.00. The van der Waals surface area contributed by atoms with Gasteiger partial charge in [0.15, 0.2) is 11.6 Å². The lowest BCUT2D eigenvalue weighted by Crippen LogP contribution is -2.20. The second-order valence-electron chi connectivity index (χ2n) is 14.8. The van der Waals surface area contributed by atoms with Crippen molar-refractivity contribution in [3.8, 4) is 40.1 Å². The highest BCUT2D eigenvalue weighted by Gasteiger charge is 2.25. The van der Waals surface area contributed by atoms with Gasteiger partial charge >= 0.3 is 0 Å². The molecule has 0 aliphatic rings. The van der Waals surface area contributed by atoms with Gasteiger partial charge in [-0.1, -0.05) is 146 Å². The third-order valence-electron chi connectivity index (χ3n) is 11.5. The van der Waals surface area contributed by atoms with E-state index in [0.717, 1.165) is 82.4 Å². The summed E-state index contributed by atoms with van der Waals surface area (Å²) in [6.45, 7) is 0. The van der Waals surface area contributed by atoms with E-state index < -0.39 is 0 Å². The van der Waals surface area contributed by atoms with Crippen molar-refractivity contribution in [1.29, 1.82) is 0 Å². The molecule has 12 aromatic rings. The van der Waals surface area contributed by atoms with Crippen LogP contribution < -0.4 is 5.56 Å². The van der Waals surface area contributed by atoms with Gasteiger partial charge in [-0.05, 0) is 53.9 Å². The van der Waals surface area contributed by atoms with E-state index in [1.54, 1.807) is 0 Å². The average Bonchev–Trinajstić information content (AvgIpc) is 3.83. The van der Waals surface area contributed by atoms with Crippen LogP contribution in [0.25, 0.3) is 105 Å². The molecular formula is C52H32N6O. The summed E-state index contributed by atoms with van der Waals surface area (Å²) in [6.07, 6.45) is 0. The lowest BCUT2D eigenvalue weighted by Gasteiger charge is -2.17. The van der Waals surface area contributed by atoms with E-state index in [2.05, 4.69) is 94.1 Å². The fraction of sp³-hybridized carbons (Fsp3) is 0. The van der Waals surface area contributed by atoms with Gasteiger partial charge in [0.2, 0.25) is 5.95 Å². The van der Waals surface area contributed by atoms with Crippen molar-refractivity contribution in [1.82, 2.24) is 28.7 Å². The van der Waals surface area contributed by atoms with Crippen LogP contribution in [0.15, 0.2) is 199 Å². The minimum absolute atomic E-state index is 0.0788. The first-order valence-corrected chi connectivity index (χ1v) is 19.7. The summed E-state index contributed by atoms with van der Waals surface area (Å²) in [5.74, 6) is 1.68. The van der Waals surface area contributed by atoms with Crippen LogP contribution in [0.2, 0.25) is 0 Å². The molecule has 0 atom stereocenters. The predicted octanol–water partition coefficient (Wildman–Crippen LogP) is 11.9. The van der Waals surface area contributed by atoms with E-state index in [-0.39, 0.29) is 5.56 Å². The standard InChI is InChI=1S/C52H32N6O/c59-51-47-40(30-29-38-37-25-13-15-27-41(37)56(48(38)47)35-21-9-3-10-22-35)46-43(57(51)36-23-11-4-12-24-36)31-32-44-45(46)39-26-14-16-28-42(39)58(44)52-54-49(33-17-5-1-6-18-33)53-50(55-52)34-19-7-2-8-20-34/h1-32H. The second-order valence-corrected chi connectivity index (χ2v) is 14.8. The Bertz CT molecular complexity index is 3610. The first-order chi connectivity index (χ1) is 29.2. The molecule has 0 radical (unpaired) electrons. The number of para-hydroxylation sites is 4. The normalized spacial score (nSPS) is 11.8. The van der Waals surface area contributed by atoms with Gasteiger partial charge in [0.1, 0.15) is 0 Å². The molecule has 8 aromatic carbocycles. The number of nitrogens with zero attached hydrogens (tertiary/aromatic N) is 6. The van der Waals surface area contributed by atoms with E-state index >= 15 is 4.79 Å². The molecule has 59 heavy (non-hydrogen) atoms. The Kier molecular flexibility index (Phi) is 7.24. The van der Waals surface area contributed by atoms with E-state index in [1.807, 2.05) is 114 Å². The molecule has 0 unspecified atom stereocenters. The van der Waals surface area contributed by atoms with Gasteiger partial charge in [-0.3, -0.25) is 13.9 Å². The Balaban J connectivity index is 1.28. The first kappa shape index (κ1) is 33.0. The van der Waals surface area contributed by atoms with Crippen LogP contribution in [0.4, 0.5) is 0 Å². The van der Waals surface area contributed by atoms with Gasteiger partial charge in [-0.25, -0.2) is 4.98 Å². The second kappa shape index (κ2) is 12.9. The van der Waals surface area contributed by atoms with Crippen LogP contribution >= 0.6 is 0 Å². The van der Waals surface area contributed by atoms with E-state index in [4.69, 9.17) is 15.0 Å². The zero-order chi connectivity index (χ0) is 39.0. The number of pyridine rings is 1. The highest BCUT2D eigenvalue weighted by molar-refractivity contribution is 6.31. The molecule has 0 amide bonds.